The summed E-state index contributed by atoms with van der Waals surface area (Å²) in [5.74, 6) is -0.0793. The van der Waals surface area contributed by atoms with Crippen LogP contribution in [0, 0.1) is 0 Å². The molecule has 24 heavy (non-hydrogen) atoms. The Kier molecular flexibility index (Phi) is 4.42. The topological polar surface area (TPSA) is 64.0 Å². The van der Waals surface area contributed by atoms with Crippen LogP contribution >= 0.6 is 0 Å². The molecule has 0 saturated heterocycles. The van der Waals surface area contributed by atoms with Gasteiger partial charge in [-0.25, -0.2) is 4.98 Å². The van der Waals surface area contributed by atoms with Crippen LogP contribution < -0.4 is 10.9 Å². The molecule has 3 rings (SSSR count). The van der Waals surface area contributed by atoms with Gasteiger partial charge < -0.3 is 5.32 Å². The second kappa shape index (κ2) is 6.66. The molecule has 5 nitrogen and oxygen atoms in total. The van der Waals surface area contributed by atoms with Crippen molar-refractivity contribution in [3.8, 4) is 0 Å². The lowest BCUT2D eigenvalue weighted by molar-refractivity contribution is -0.116. The van der Waals surface area contributed by atoms with Crippen LogP contribution in [0.1, 0.15) is 25.5 Å². The molecule has 0 aliphatic rings. The number of rotatable bonds is 4. The van der Waals surface area contributed by atoms with E-state index in [0.29, 0.717) is 0 Å². The van der Waals surface area contributed by atoms with Gasteiger partial charge in [0.1, 0.15) is 6.54 Å². The molecule has 0 aliphatic heterocycles. The fraction of sp³-hybridized carbons (Fsp3) is 0.211. The summed E-state index contributed by atoms with van der Waals surface area (Å²) in [4.78, 5) is 28.6. The van der Waals surface area contributed by atoms with Crippen molar-refractivity contribution in [2.24, 2.45) is 0 Å². The monoisotopic (exact) mass is 321 g/mol. The highest BCUT2D eigenvalue weighted by Crippen LogP contribution is 2.22. The number of amides is 1. The quantitative estimate of drug-likeness (QED) is 0.803. The van der Waals surface area contributed by atoms with Crippen molar-refractivity contribution in [3.05, 3.63) is 70.9 Å². The van der Waals surface area contributed by atoms with Gasteiger partial charge in [0.25, 0.3) is 5.56 Å². The number of carbonyl (C=O) groups excluding carboxylic acids is 1. The van der Waals surface area contributed by atoms with Crippen LogP contribution in [-0.2, 0) is 11.3 Å². The molecule has 0 saturated carbocycles. The first-order chi connectivity index (χ1) is 11.5. The van der Waals surface area contributed by atoms with E-state index in [-0.39, 0.29) is 23.9 Å². The Hall–Kier alpha value is -2.95. The predicted octanol–water partition coefficient (Wildman–Crippen LogP) is 3.16. The molecule has 0 radical (unpaired) electrons. The van der Waals surface area contributed by atoms with Crippen LogP contribution in [0.15, 0.2) is 59.7 Å². The van der Waals surface area contributed by atoms with Gasteiger partial charge in [0.2, 0.25) is 5.91 Å². The maximum absolute atomic E-state index is 12.3. The van der Waals surface area contributed by atoms with E-state index in [9.17, 15) is 9.59 Å². The van der Waals surface area contributed by atoms with Crippen LogP contribution in [0.3, 0.4) is 0 Å². The van der Waals surface area contributed by atoms with Gasteiger partial charge in [-0.1, -0.05) is 50.2 Å². The zero-order chi connectivity index (χ0) is 17.1. The molecule has 0 fully saturated rings. The molecule has 0 unspecified atom stereocenters. The fourth-order valence-electron chi connectivity index (χ4n) is 2.55. The second-order valence-corrected chi connectivity index (χ2v) is 6.01. The standard InChI is InChI=1S/C19H19N3O2/c1-13(2)17-10-19(24)22(12-20-17)11-18(23)21-16-9-5-7-14-6-3-4-8-15(14)16/h3-10,12-13H,11H2,1-2H3,(H,21,23). The summed E-state index contributed by atoms with van der Waals surface area (Å²) in [5.41, 5.74) is 1.24. The summed E-state index contributed by atoms with van der Waals surface area (Å²) in [7, 11) is 0. The van der Waals surface area contributed by atoms with Crippen molar-refractivity contribution in [3.63, 3.8) is 0 Å². The van der Waals surface area contributed by atoms with E-state index in [4.69, 9.17) is 0 Å². The zero-order valence-electron chi connectivity index (χ0n) is 13.7. The van der Waals surface area contributed by atoms with Crippen LogP contribution in [0.2, 0.25) is 0 Å². The minimum absolute atomic E-state index is 0.0621. The highest BCUT2D eigenvalue weighted by atomic mass is 16.2. The largest absolute Gasteiger partial charge is 0.324 e. The maximum Gasteiger partial charge on any atom is 0.254 e. The Labute approximate surface area is 140 Å². The first kappa shape index (κ1) is 15.9. The van der Waals surface area contributed by atoms with Gasteiger partial charge >= 0.3 is 0 Å². The third-order valence-corrected chi connectivity index (χ3v) is 3.87. The van der Waals surface area contributed by atoms with Crippen molar-refractivity contribution >= 4 is 22.4 Å². The summed E-state index contributed by atoms with van der Waals surface area (Å²) < 4.78 is 1.31. The number of aromatic nitrogens is 2. The van der Waals surface area contributed by atoms with Gasteiger partial charge in [0, 0.05) is 17.1 Å². The smallest absolute Gasteiger partial charge is 0.254 e. The molecule has 1 aromatic heterocycles. The van der Waals surface area contributed by atoms with Gasteiger partial charge in [-0.2, -0.15) is 0 Å². The molecular weight excluding hydrogens is 302 g/mol. The van der Waals surface area contributed by atoms with Crippen LogP contribution in [0.4, 0.5) is 5.69 Å². The van der Waals surface area contributed by atoms with E-state index in [1.807, 2.05) is 56.3 Å². The lowest BCUT2D eigenvalue weighted by Gasteiger charge is -2.10. The Morgan fingerprint density at radius 2 is 1.92 bits per heavy atom. The number of anilines is 1. The van der Waals surface area contributed by atoms with Crippen molar-refractivity contribution in [1.82, 2.24) is 9.55 Å². The highest BCUT2D eigenvalue weighted by Gasteiger charge is 2.09. The number of benzene rings is 2. The Bertz CT molecular complexity index is 939. The van der Waals surface area contributed by atoms with Crippen molar-refractivity contribution in [2.45, 2.75) is 26.3 Å². The minimum atomic E-state index is -0.257. The van der Waals surface area contributed by atoms with Crippen molar-refractivity contribution in [2.75, 3.05) is 5.32 Å². The van der Waals surface area contributed by atoms with Crippen molar-refractivity contribution < 1.29 is 4.79 Å². The fourth-order valence-corrected chi connectivity index (χ4v) is 2.55. The average molecular weight is 321 g/mol. The van der Waals surface area contributed by atoms with E-state index in [1.54, 1.807) is 0 Å². The number of hydrogen-bond acceptors (Lipinski definition) is 3. The Morgan fingerprint density at radius 3 is 2.67 bits per heavy atom. The molecule has 0 bridgehead atoms. The summed E-state index contributed by atoms with van der Waals surface area (Å²) in [6.45, 7) is 3.88. The molecule has 5 heteroatoms. The van der Waals surface area contributed by atoms with Crippen LogP contribution in [0.25, 0.3) is 10.8 Å². The van der Waals surface area contributed by atoms with Crippen LogP contribution in [0.5, 0.6) is 0 Å². The van der Waals surface area contributed by atoms with E-state index in [0.717, 1.165) is 22.2 Å². The average Bonchev–Trinajstić information content (AvgIpc) is 2.57. The Balaban J connectivity index is 1.79. The first-order valence-corrected chi connectivity index (χ1v) is 7.88. The molecule has 122 valence electrons. The lowest BCUT2D eigenvalue weighted by Crippen LogP contribution is -2.28. The summed E-state index contributed by atoms with van der Waals surface area (Å²) in [6.07, 6.45) is 1.43. The second-order valence-electron chi connectivity index (χ2n) is 6.01. The molecule has 2 aromatic carbocycles. The predicted molar refractivity (Wildman–Crippen MR) is 95.2 cm³/mol. The Morgan fingerprint density at radius 1 is 1.17 bits per heavy atom. The lowest BCUT2D eigenvalue weighted by atomic mass is 10.1. The van der Waals surface area contributed by atoms with Gasteiger partial charge in [-0.3, -0.25) is 14.2 Å². The zero-order valence-corrected chi connectivity index (χ0v) is 13.7. The molecule has 0 atom stereocenters. The number of nitrogens with one attached hydrogen (secondary N) is 1. The first-order valence-electron chi connectivity index (χ1n) is 7.88. The molecule has 1 N–H and O–H groups in total. The van der Waals surface area contributed by atoms with Crippen molar-refractivity contribution in [1.29, 1.82) is 0 Å². The number of fused-ring (bicyclic) bond motifs is 1. The molecule has 0 spiro atoms. The van der Waals surface area contributed by atoms with E-state index in [1.165, 1.54) is 17.0 Å². The van der Waals surface area contributed by atoms with Gasteiger partial charge in [-0.05, 0) is 17.4 Å². The molecule has 3 aromatic rings. The number of carbonyl (C=O) groups is 1. The van der Waals surface area contributed by atoms with E-state index < -0.39 is 0 Å². The third-order valence-electron chi connectivity index (χ3n) is 3.87. The minimum Gasteiger partial charge on any atom is -0.324 e. The van der Waals surface area contributed by atoms with Gasteiger partial charge in [0.15, 0.2) is 0 Å². The van der Waals surface area contributed by atoms with E-state index >= 15 is 0 Å². The van der Waals surface area contributed by atoms with Gasteiger partial charge in [-0.15, -0.1) is 0 Å². The summed E-state index contributed by atoms with van der Waals surface area (Å²) >= 11 is 0. The third kappa shape index (κ3) is 3.35. The van der Waals surface area contributed by atoms with Gasteiger partial charge in [0.05, 0.1) is 12.0 Å². The van der Waals surface area contributed by atoms with Crippen LogP contribution in [-0.4, -0.2) is 15.5 Å². The molecule has 0 aliphatic carbocycles. The summed E-state index contributed by atoms with van der Waals surface area (Å²) in [6, 6.07) is 15.0. The highest BCUT2D eigenvalue weighted by molar-refractivity contribution is 6.01. The number of nitrogens with zero attached hydrogens (tertiary/aromatic N) is 2. The molecule has 1 heterocycles. The normalized spacial score (nSPS) is 11.0. The molecular formula is C19H19N3O2. The van der Waals surface area contributed by atoms with E-state index in [2.05, 4.69) is 10.3 Å². The number of hydrogen-bond donors (Lipinski definition) is 1. The SMILES string of the molecule is CC(C)c1cc(=O)n(CC(=O)Nc2cccc3ccccc23)cn1. The molecule has 1 amide bonds. The summed E-state index contributed by atoms with van der Waals surface area (Å²) in [5, 5.41) is 4.89. The maximum atomic E-state index is 12.3.